The normalized spacial score (nSPS) is 13.1. The van der Waals surface area contributed by atoms with Crippen molar-refractivity contribution in [1.82, 2.24) is 9.78 Å². The van der Waals surface area contributed by atoms with E-state index in [1.54, 1.807) is 18.2 Å². The van der Waals surface area contributed by atoms with E-state index < -0.39 is 0 Å². The molecule has 0 aliphatic carbocycles. The lowest BCUT2D eigenvalue weighted by Gasteiger charge is -2.29. The third-order valence-electron chi connectivity index (χ3n) is 4.62. The van der Waals surface area contributed by atoms with E-state index in [1.807, 2.05) is 35.2 Å². The van der Waals surface area contributed by atoms with E-state index in [9.17, 15) is 4.79 Å². The second-order valence-corrected chi connectivity index (χ2v) is 6.21. The van der Waals surface area contributed by atoms with Gasteiger partial charge in [0, 0.05) is 17.8 Å². The summed E-state index contributed by atoms with van der Waals surface area (Å²) in [5.41, 5.74) is 9.65. The molecule has 1 aromatic heterocycles. The summed E-state index contributed by atoms with van der Waals surface area (Å²) in [4.78, 5) is 14.9. The van der Waals surface area contributed by atoms with Gasteiger partial charge in [0.15, 0.2) is 0 Å². The van der Waals surface area contributed by atoms with Crippen LogP contribution in [0.5, 0.6) is 0 Å². The molecule has 0 bridgehead atoms. The molecule has 0 radical (unpaired) electrons. The Balaban J connectivity index is 1.70. The number of carbonyl (C=O) groups excluding carboxylic acids is 1. The number of aryl methyl sites for hydroxylation is 1. The number of carbonyl (C=O) groups is 1. The van der Waals surface area contributed by atoms with E-state index >= 15 is 0 Å². The van der Waals surface area contributed by atoms with Crippen molar-refractivity contribution in [1.29, 1.82) is 5.26 Å². The molecule has 4 rings (SSSR count). The summed E-state index contributed by atoms with van der Waals surface area (Å²) in [7, 11) is 0. The Hall–Kier alpha value is -3.59. The number of benzene rings is 2. The first kappa shape index (κ1) is 15.9. The number of aromatic nitrogens is 2. The average Bonchev–Trinajstić information content (AvgIpc) is 3.07. The quantitative estimate of drug-likeness (QED) is 0.775. The average molecular weight is 343 g/mol. The fourth-order valence-corrected chi connectivity index (χ4v) is 3.32. The first-order valence-corrected chi connectivity index (χ1v) is 8.43. The molecule has 0 fully saturated rings. The van der Waals surface area contributed by atoms with Crippen molar-refractivity contribution in [3.05, 3.63) is 71.4 Å². The number of nitrogen functional groups attached to an aromatic ring is 1. The zero-order chi connectivity index (χ0) is 18.1. The fraction of sp³-hybridized carbons (Fsp3) is 0.150. The minimum atomic E-state index is -0.0507. The van der Waals surface area contributed by atoms with Gasteiger partial charge in [-0.05, 0) is 42.7 Å². The Morgan fingerprint density at radius 1 is 1.19 bits per heavy atom. The molecular formula is C20H17N5O. The molecule has 0 unspecified atom stereocenters. The molecule has 0 spiro atoms. The highest BCUT2D eigenvalue weighted by Gasteiger charge is 2.23. The third kappa shape index (κ3) is 2.60. The molecule has 2 heterocycles. The number of nitriles is 1. The molecule has 0 atom stereocenters. The van der Waals surface area contributed by atoms with Crippen LogP contribution in [0.1, 0.15) is 27.9 Å². The molecule has 3 aromatic rings. The van der Waals surface area contributed by atoms with Crippen molar-refractivity contribution >= 4 is 17.4 Å². The molecule has 0 saturated heterocycles. The van der Waals surface area contributed by atoms with Crippen LogP contribution in [-0.4, -0.2) is 22.2 Å². The molecule has 128 valence electrons. The van der Waals surface area contributed by atoms with E-state index in [4.69, 9.17) is 11.0 Å². The van der Waals surface area contributed by atoms with Gasteiger partial charge in [-0.15, -0.1) is 0 Å². The number of hydrogen-bond donors (Lipinski definition) is 1. The standard InChI is InChI=1S/C20H17N5O/c21-12-16-13-23-25(19(16)22)17-8-3-6-15(11-17)20(26)24-10-4-7-14-5-1-2-9-18(14)24/h1-3,5-6,8-9,11,13H,4,7,10,22H2. The van der Waals surface area contributed by atoms with E-state index in [0.717, 1.165) is 18.5 Å². The number of nitrogens with two attached hydrogens (primary N) is 1. The van der Waals surface area contributed by atoms with Gasteiger partial charge in [-0.25, -0.2) is 4.68 Å². The van der Waals surface area contributed by atoms with Gasteiger partial charge in [-0.1, -0.05) is 24.3 Å². The summed E-state index contributed by atoms with van der Waals surface area (Å²) in [6.07, 6.45) is 3.35. The largest absolute Gasteiger partial charge is 0.382 e. The van der Waals surface area contributed by atoms with Crippen LogP contribution < -0.4 is 10.6 Å². The topological polar surface area (TPSA) is 87.9 Å². The van der Waals surface area contributed by atoms with Crippen molar-refractivity contribution in [2.75, 3.05) is 17.2 Å². The van der Waals surface area contributed by atoms with Crippen LogP contribution in [-0.2, 0) is 6.42 Å². The molecule has 0 saturated carbocycles. The number of fused-ring (bicyclic) bond motifs is 1. The van der Waals surface area contributed by atoms with Gasteiger partial charge in [0.05, 0.1) is 11.9 Å². The molecule has 1 aliphatic heterocycles. The number of rotatable bonds is 2. The van der Waals surface area contributed by atoms with Crippen molar-refractivity contribution in [2.45, 2.75) is 12.8 Å². The second-order valence-electron chi connectivity index (χ2n) is 6.21. The number of hydrogen-bond acceptors (Lipinski definition) is 4. The Morgan fingerprint density at radius 3 is 2.85 bits per heavy atom. The van der Waals surface area contributed by atoms with Gasteiger partial charge >= 0.3 is 0 Å². The van der Waals surface area contributed by atoms with Crippen LogP contribution in [0.4, 0.5) is 11.5 Å². The summed E-state index contributed by atoms with van der Waals surface area (Å²) in [6, 6.07) is 17.2. The maximum atomic E-state index is 13.1. The van der Waals surface area contributed by atoms with Crippen LogP contribution >= 0.6 is 0 Å². The molecule has 6 nitrogen and oxygen atoms in total. The van der Waals surface area contributed by atoms with Crippen LogP contribution in [0.15, 0.2) is 54.7 Å². The first-order chi connectivity index (χ1) is 12.7. The molecule has 1 amide bonds. The predicted octanol–water partition coefficient (Wildman–Crippen LogP) is 2.92. The van der Waals surface area contributed by atoms with Gasteiger partial charge in [0.2, 0.25) is 0 Å². The van der Waals surface area contributed by atoms with Gasteiger partial charge in [0.1, 0.15) is 17.5 Å². The smallest absolute Gasteiger partial charge is 0.258 e. The first-order valence-electron chi connectivity index (χ1n) is 8.43. The Kier molecular flexibility index (Phi) is 3.90. The predicted molar refractivity (Wildman–Crippen MR) is 99.1 cm³/mol. The van der Waals surface area contributed by atoms with E-state index in [-0.39, 0.29) is 11.7 Å². The second kappa shape index (κ2) is 6.37. The van der Waals surface area contributed by atoms with Crippen LogP contribution in [0, 0.1) is 11.3 Å². The van der Waals surface area contributed by atoms with Crippen molar-refractivity contribution < 1.29 is 4.79 Å². The number of anilines is 2. The molecule has 1 aliphatic rings. The van der Waals surface area contributed by atoms with Gasteiger partial charge in [0.25, 0.3) is 5.91 Å². The number of nitrogens with zero attached hydrogens (tertiary/aromatic N) is 4. The molecular weight excluding hydrogens is 326 g/mol. The summed E-state index contributed by atoms with van der Waals surface area (Å²) >= 11 is 0. The summed E-state index contributed by atoms with van der Waals surface area (Å²) < 4.78 is 1.47. The van der Waals surface area contributed by atoms with E-state index in [1.165, 1.54) is 16.4 Å². The fourth-order valence-electron chi connectivity index (χ4n) is 3.32. The number of amides is 1. The maximum Gasteiger partial charge on any atom is 0.258 e. The highest BCUT2D eigenvalue weighted by molar-refractivity contribution is 6.07. The van der Waals surface area contributed by atoms with Crippen LogP contribution in [0.2, 0.25) is 0 Å². The molecule has 6 heteroatoms. The number of para-hydroxylation sites is 1. The van der Waals surface area contributed by atoms with Gasteiger partial charge < -0.3 is 10.6 Å². The zero-order valence-electron chi connectivity index (χ0n) is 14.1. The molecule has 2 N–H and O–H groups in total. The van der Waals surface area contributed by atoms with Crippen LogP contribution in [0.3, 0.4) is 0 Å². The van der Waals surface area contributed by atoms with E-state index in [0.29, 0.717) is 23.4 Å². The summed E-state index contributed by atoms with van der Waals surface area (Å²) in [5.74, 6) is 0.214. The lowest BCUT2D eigenvalue weighted by atomic mass is 10.0. The summed E-state index contributed by atoms with van der Waals surface area (Å²) in [6.45, 7) is 0.697. The maximum absolute atomic E-state index is 13.1. The SMILES string of the molecule is N#Cc1cnn(-c2cccc(C(=O)N3CCCc4ccccc43)c2)c1N. The Labute approximate surface area is 151 Å². The van der Waals surface area contributed by atoms with Crippen molar-refractivity contribution in [2.24, 2.45) is 0 Å². The lowest BCUT2D eigenvalue weighted by molar-refractivity contribution is 0.0985. The van der Waals surface area contributed by atoms with Gasteiger partial charge in [-0.2, -0.15) is 10.4 Å². The highest BCUT2D eigenvalue weighted by atomic mass is 16.2. The lowest BCUT2D eigenvalue weighted by Crippen LogP contribution is -2.35. The zero-order valence-corrected chi connectivity index (χ0v) is 14.1. The summed E-state index contributed by atoms with van der Waals surface area (Å²) in [5, 5.41) is 13.2. The van der Waals surface area contributed by atoms with E-state index in [2.05, 4.69) is 11.2 Å². The van der Waals surface area contributed by atoms with Gasteiger partial charge in [-0.3, -0.25) is 4.79 Å². The van der Waals surface area contributed by atoms with Crippen molar-refractivity contribution in [3.8, 4) is 11.8 Å². The Morgan fingerprint density at radius 2 is 2.04 bits per heavy atom. The molecule has 2 aromatic carbocycles. The van der Waals surface area contributed by atoms with Crippen molar-refractivity contribution in [3.63, 3.8) is 0 Å². The monoisotopic (exact) mass is 343 g/mol. The third-order valence-corrected chi connectivity index (χ3v) is 4.62. The van der Waals surface area contributed by atoms with Crippen LogP contribution in [0.25, 0.3) is 5.69 Å². The minimum absolute atomic E-state index is 0.0507. The highest BCUT2D eigenvalue weighted by Crippen LogP contribution is 2.28. The Bertz CT molecular complexity index is 1030. The molecule has 26 heavy (non-hydrogen) atoms. The minimum Gasteiger partial charge on any atom is -0.382 e.